The Morgan fingerprint density at radius 2 is 1.71 bits per heavy atom. The molecule has 9 nitrogen and oxygen atoms in total. The molecule has 0 aromatic heterocycles. The largest absolute Gasteiger partial charge is 0.497 e. The molecule has 0 bridgehead atoms. The third kappa shape index (κ3) is 6.32. The van der Waals surface area contributed by atoms with Gasteiger partial charge in [-0.1, -0.05) is 20.8 Å². The van der Waals surface area contributed by atoms with E-state index in [4.69, 9.17) is 9.47 Å². The molecule has 2 aromatic rings. The Morgan fingerprint density at radius 3 is 2.29 bits per heavy atom. The maximum atomic E-state index is 13.2. The van der Waals surface area contributed by atoms with Crippen LogP contribution in [0.5, 0.6) is 11.5 Å². The molecule has 1 aliphatic rings. The number of methoxy groups -OCH3 is 2. The summed E-state index contributed by atoms with van der Waals surface area (Å²) in [4.78, 5) is 27.0. The molecule has 0 spiro atoms. The summed E-state index contributed by atoms with van der Waals surface area (Å²) in [5.74, 6) is 0.560. The van der Waals surface area contributed by atoms with Gasteiger partial charge >= 0.3 is 0 Å². The summed E-state index contributed by atoms with van der Waals surface area (Å²) < 4.78 is 39.5. The lowest BCUT2D eigenvalue weighted by Crippen LogP contribution is -2.44. The first-order valence-corrected chi connectivity index (χ1v) is 13.1. The van der Waals surface area contributed by atoms with Crippen molar-refractivity contribution in [1.82, 2.24) is 4.72 Å². The number of anilines is 2. The minimum absolute atomic E-state index is 0.000300. The quantitative estimate of drug-likeness (QED) is 0.514. The van der Waals surface area contributed by atoms with Crippen LogP contribution in [-0.4, -0.2) is 47.0 Å². The number of nitrogens with one attached hydrogen (secondary N) is 2. The van der Waals surface area contributed by atoms with Crippen LogP contribution >= 0.6 is 0 Å². The maximum absolute atomic E-state index is 13.2. The monoisotopic (exact) mass is 503 g/mol. The van der Waals surface area contributed by atoms with Crippen molar-refractivity contribution in [3.8, 4) is 11.5 Å². The number of carbonyl (C=O) groups excluding carboxylic acids is 2. The lowest BCUT2D eigenvalue weighted by Gasteiger charge is -2.21. The second-order valence-electron chi connectivity index (χ2n) is 8.83. The molecule has 190 valence electrons. The Balaban J connectivity index is 1.83. The second kappa shape index (κ2) is 11.1. The van der Waals surface area contributed by atoms with Crippen molar-refractivity contribution in [3.05, 3.63) is 42.0 Å². The molecule has 0 saturated heterocycles. The maximum Gasteiger partial charge on any atom is 0.242 e. The van der Waals surface area contributed by atoms with Crippen molar-refractivity contribution < 1.29 is 27.5 Å². The molecule has 0 saturated carbocycles. The highest BCUT2D eigenvalue weighted by atomic mass is 32.2. The highest BCUT2D eigenvalue weighted by Crippen LogP contribution is 2.31. The Bertz CT molecular complexity index is 1170. The van der Waals surface area contributed by atoms with E-state index in [1.165, 1.54) is 20.3 Å². The molecule has 10 heteroatoms. The number of carbonyl (C=O) groups is 2. The molecule has 2 aromatic carbocycles. The smallest absolute Gasteiger partial charge is 0.242 e. The Hall–Kier alpha value is -3.11. The van der Waals surface area contributed by atoms with Gasteiger partial charge in [0.15, 0.2) is 0 Å². The van der Waals surface area contributed by atoms with Crippen LogP contribution in [0.2, 0.25) is 0 Å². The summed E-state index contributed by atoms with van der Waals surface area (Å²) >= 11 is 0. The molecule has 35 heavy (non-hydrogen) atoms. The van der Waals surface area contributed by atoms with E-state index in [-0.39, 0.29) is 16.7 Å². The number of ether oxygens (including phenoxy) is 2. The van der Waals surface area contributed by atoms with Gasteiger partial charge in [0.05, 0.1) is 19.1 Å². The van der Waals surface area contributed by atoms with Crippen LogP contribution in [0.25, 0.3) is 0 Å². The summed E-state index contributed by atoms with van der Waals surface area (Å²) in [7, 11) is -0.989. The number of rotatable bonds is 10. The molecular formula is C25H33N3O6S. The summed E-state index contributed by atoms with van der Waals surface area (Å²) in [6.45, 7) is 6.15. The SMILES string of the molecule is CCC(=O)N1CCc2cc(S(=O)(=O)N[C@H](CC(C)C)C(=O)Nc3cc(OC)cc(OC)c3)ccc21. The first kappa shape index (κ1) is 26.5. The van der Waals surface area contributed by atoms with Crippen molar-refractivity contribution in [2.75, 3.05) is 31.0 Å². The van der Waals surface area contributed by atoms with Gasteiger partial charge in [-0.3, -0.25) is 9.59 Å². The van der Waals surface area contributed by atoms with Crippen LogP contribution in [0.3, 0.4) is 0 Å². The summed E-state index contributed by atoms with van der Waals surface area (Å²) in [6, 6.07) is 8.65. The third-order valence-electron chi connectivity index (χ3n) is 5.80. The standard InChI is InChI=1S/C25H33N3O6S/c1-6-24(29)28-10-9-17-12-21(7-8-23(17)28)35(31,32)27-22(11-16(2)3)25(30)26-18-13-19(33-4)15-20(14-18)34-5/h7-8,12-16,22,27H,6,9-11H2,1-5H3,(H,26,30)/t22-/m1/s1. The number of fused-ring (bicyclic) bond motifs is 1. The van der Waals surface area contributed by atoms with E-state index < -0.39 is 22.0 Å². The van der Waals surface area contributed by atoms with Gasteiger partial charge in [-0.05, 0) is 42.5 Å². The Kier molecular flexibility index (Phi) is 8.39. The molecule has 1 atom stereocenters. The van der Waals surface area contributed by atoms with E-state index in [2.05, 4.69) is 10.0 Å². The number of hydrogen-bond donors (Lipinski definition) is 2. The number of amides is 2. The fourth-order valence-corrected chi connectivity index (χ4v) is 5.30. The number of sulfonamides is 1. The first-order chi connectivity index (χ1) is 16.6. The van der Waals surface area contributed by atoms with Crippen molar-refractivity contribution in [2.45, 2.75) is 51.0 Å². The molecule has 3 rings (SSSR count). The molecule has 0 radical (unpaired) electrons. The molecule has 1 heterocycles. The molecular weight excluding hydrogens is 470 g/mol. The summed E-state index contributed by atoms with van der Waals surface area (Å²) in [6.07, 6.45) is 1.26. The predicted octanol–water partition coefficient (Wildman–Crippen LogP) is 3.33. The normalized spacial score (nSPS) is 13.9. The highest BCUT2D eigenvalue weighted by molar-refractivity contribution is 7.89. The molecule has 2 amide bonds. The minimum atomic E-state index is -4.00. The minimum Gasteiger partial charge on any atom is -0.497 e. The van der Waals surface area contributed by atoms with E-state index in [0.717, 1.165) is 11.3 Å². The van der Waals surface area contributed by atoms with Crippen molar-refractivity contribution in [2.24, 2.45) is 5.92 Å². The van der Waals surface area contributed by atoms with Crippen LogP contribution in [-0.2, 0) is 26.0 Å². The number of hydrogen-bond acceptors (Lipinski definition) is 6. The number of benzene rings is 2. The van der Waals surface area contributed by atoms with Crippen LogP contribution < -0.4 is 24.4 Å². The zero-order chi connectivity index (χ0) is 25.8. The topological polar surface area (TPSA) is 114 Å². The van der Waals surface area contributed by atoms with Crippen molar-refractivity contribution in [3.63, 3.8) is 0 Å². The van der Waals surface area contributed by atoms with Gasteiger partial charge in [0, 0.05) is 42.5 Å². The lowest BCUT2D eigenvalue weighted by molar-refractivity contribution is -0.118. The van der Waals surface area contributed by atoms with Crippen molar-refractivity contribution in [1.29, 1.82) is 0 Å². The van der Waals surface area contributed by atoms with Crippen LogP contribution in [0.4, 0.5) is 11.4 Å². The zero-order valence-electron chi connectivity index (χ0n) is 20.8. The van der Waals surface area contributed by atoms with Gasteiger partial charge in [-0.15, -0.1) is 0 Å². The lowest BCUT2D eigenvalue weighted by atomic mass is 10.0. The number of nitrogens with zero attached hydrogens (tertiary/aromatic N) is 1. The molecule has 0 aliphatic carbocycles. The van der Waals surface area contributed by atoms with E-state index in [1.807, 2.05) is 13.8 Å². The predicted molar refractivity (Wildman–Crippen MR) is 135 cm³/mol. The van der Waals surface area contributed by atoms with Crippen molar-refractivity contribution >= 4 is 33.2 Å². The summed E-state index contributed by atoms with van der Waals surface area (Å²) in [5, 5.41) is 2.77. The van der Waals surface area contributed by atoms with Gasteiger partial charge in [-0.2, -0.15) is 4.72 Å². The van der Waals surface area contributed by atoms with Gasteiger partial charge < -0.3 is 19.7 Å². The van der Waals surface area contributed by atoms with Crippen LogP contribution in [0.1, 0.15) is 39.2 Å². The fraction of sp³-hybridized carbons (Fsp3) is 0.440. The van der Waals surface area contributed by atoms with Gasteiger partial charge in [0.1, 0.15) is 17.5 Å². The highest BCUT2D eigenvalue weighted by Gasteiger charge is 2.29. The zero-order valence-corrected chi connectivity index (χ0v) is 21.6. The Labute approximate surface area is 206 Å². The first-order valence-electron chi connectivity index (χ1n) is 11.6. The average molecular weight is 504 g/mol. The average Bonchev–Trinajstić information content (AvgIpc) is 3.25. The fourth-order valence-electron chi connectivity index (χ4n) is 4.04. The van der Waals surface area contributed by atoms with Gasteiger partial charge in [0.2, 0.25) is 21.8 Å². The van der Waals surface area contributed by atoms with Crippen LogP contribution in [0, 0.1) is 5.92 Å². The van der Waals surface area contributed by atoms with Crippen LogP contribution in [0.15, 0.2) is 41.3 Å². The Morgan fingerprint density at radius 1 is 1.06 bits per heavy atom. The molecule has 2 N–H and O–H groups in total. The second-order valence-corrected chi connectivity index (χ2v) is 10.5. The van der Waals surface area contributed by atoms with E-state index in [9.17, 15) is 18.0 Å². The molecule has 0 fully saturated rings. The third-order valence-corrected chi connectivity index (χ3v) is 7.27. The van der Waals surface area contributed by atoms with E-state index in [0.29, 0.717) is 43.0 Å². The van der Waals surface area contributed by atoms with E-state index >= 15 is 0 Å². The van der Waals surface area contributed by atoms with Gasteiger partial charge in [0.25, 0.3) is 0 Å². The van der Waals surface area contributed by atoms with Gasteiger partial charge in [-0.25, -0.2) is 8.42 Å². The summed E-state index contributed by atoms with van der Waals surface area (Å²) in [5.41, 5.74) is 1.96. The van der Waals surface area contributed by atoms with E-state index in [1.54, 1.807) is 42.2 Å². The molecule has 0 unspecified atom stereocenters. The molecule has 1 aliphatic heterocycles.